The molecule has 0 aromatic rings. The van der Waals surface area contributed by atoms with Crippen molar-refractivity contribution in [1.29, 1.82) is 0 Å². The van der Waals surface area contributed by atoms with Gasteiger partial charge in [-0.15, -0.1) is 0 Å². The van der Waals surface area contributed by atoms with Crippen molar-refractivity contribution in [3.05, 3.63) is 0 Å². The van der Waals surface area contributed by atoms with Crippen molar-refractivity contribution < 1.29 is 4.79 Å². The van der Waals surface area contributed by atoms with Gasteiger partial charge in [0.2, 0.25) is 5.91 Å². The second kappa shape index (κ2) is 7.98. The number of amides is 1. The SMILES string of the molecule is CCC1(C(=O)NCCCCCSC)CCNC1. The molecule has 100 valence electrons. The van der Waals surface area contributed by atoms with E-state index in [1.165, 1.54) is 18.6 Å². The molecule has 1 saturated heterocycles. The lowest BCUT2D eigenvalue weighted by atomic mass is 9.83. The van der Waals surface area contributed by atoms with Crippen LogP contribution in [0.3, 0.4) is 0 Å². The molecule has 1 fully saturated rings. The minimum absolute atomic E-state index is 0.126. The molecule has 17 heavy (non-hydrogen) atoms. The molecule has 0 saturated carbocycles. The molecule has 1 atom stereocenters. The maximum Gasteiger partial charge on any atom is 0.227 e. The standard InChI is InChI=1S/C13H26N2OS/c1-3-13(7-9-14-11-13)12(16)15-8-5-4-6-10-17-2/h14H,3-11H2,1-2H3,(H,15,16). The minimum Gasteiger partial charge on any atom is -0.356 e. The fourth-order valence-electron chi connectivity index (χ4n) is 2.34. The van der Waals surface area contributed by atoms with E-state index >= 15 is 0 Å². The summed E-state index contributed by atoms with van der Waals surface area (Å²) in [5, 5.41) is 6.41. The molecule has 0 aromatic carbocycles. The maximum absolute atomic E-state index is 12.1. The first-order chi connectivity index (χ1) is 8.25. The van der Waals surface area contributed by atoms with E-state index in [2.05, 4.69) is 23.8 Å². The Morgan fingerprint density at radius 1 is 1.41 bits per heavy atom. The van der Waals surface area contributed by atoms with Gasteiger partial charge in [0.25, 0.3) is 0 Å². The fourth-order valence-corrected chi connectivity index (χ4v) is 2.83. The second-order valence-corrected chi connectivity index (χ2v) is 5.86. The summed E-state index contributed by atoms with van der Waals surface area (Å²) in [5.74, 6) is 1.49. The molecule has 2 N–H and O–H groups in total. The molecule has 0 spiro atoms. The van der Waals surface area contributed by atoms with Crippen LogP contribution in [0.4, 0.5) is 0 Å². The highest BCUT2D eigenvalue weighted by Crippen LogP contribution is 2.29. The van der Waals surface area contributed by atoms with Gasteiger partial charge in [-0.3, -0.25) is 4.79 Å². The summed E-state index contributed by atoms with van der Waals surface area (Å²) in [5.41, 5.74) is -0.126. The first-order valence-electron chi connectivity index (χ1n) is 6.73. The van der Waals surface area contributed by atoms with E-state index in [9.17, 15) is 4.79 Å². The van der Waals surface area contributed by atoms with Gasteiger partial charge in [-0.05, 0) is 44.2 Å². The average molecular weight is 258 g/mol. The van der Waals surface area contributed by atoms with Gasteiger partial charge in [-0.25, -0.2) is 0 Å². The summed E-state index contributed by atoms with van der Waals surface area (Å²) in [6, 6.07) is 0. The van der Waals surface area contributed by atoms with Gasteiger partial charge >= 0.3 is 0 Å². The largest absolute Gasteiger partial charge is 0.356 e. The van der Waals surface area contributed by atoms with Gasteiger partial charge in [0.1, 0.15) is 0 Å². The Labute approximate surface area is 109 Å². The van der Waals surface area contributed by atoms with Crippen molar-refractivity contribution in [2.24, 2.45) is 5.41 Å². The molecule has 1 rings (SSSR count). The van der Waals surface area contributed by atoms with E-state index in [4.69, 9.17) is 0 Å². The zero-order valence-corrected chi connectivity index (χ0v) is 12.0. The summed E-state index contributed by atoms with van der Waals surface area (Å²) >= 11 is 1.89. The summed E-state index contributed by atoms with van der Waals surface area (Å²) in [6.45, 7) is 4.79. The minimum atomic E-state index is -0.126. The topological polar surface area (TPSA) is 41.1 Å². The van der Waals surface area contributed by atoms with Gasteiger partial charge in [0, 0.05) is 13.1 Å². The van der Waals surface area contributed by atoms with Gasteiger partial charge < -0.3 is 10.6 Å². The number of hydrogen-bond acceptors (Lipinski definition) is 3. The number of carbonyl (C=O) groups excluding carboxylic acids is 1. The van der Waals surface area contributed by atoms with E-state index in [1.807, 2.05) is 11.8 Å². The summed E-state index contributed by atoms with van der Waals surface area (Å²) < 4.78 is 0. The third kappa shape index (κ3) is 4.51. The summed E-state index contributed by atoms with van der Waals surface area (Å²) in [7, 11) is 0. The zero-order chi connectivity index (χ0) is 12.6. The Balaban J connectivity index is 2.15. The van der Waals surface area contributed by atoms with Crippen LogP contribution in [-0.4, -0.2) is 37.6 Å². The zero-order valence-electron chi connectivity index (χ0n) is 11.2. The van der Waals surface area contributed by atoms with E-state index in [0.29, 0.717) is 0 Å². The van der Waals surface area contributed by atoms with Crippen LogP contribution in [0.2, 0.25) is 0 Å². The van der Waals surface area contributed by atoms with E-state index in [-0.39, 0.29) is 11.3 Å². The number of carbonyl (C=O) groups is 1. The number of hydrogen-bond donors (Lipinski definition) is 2. The van der Waals surface area contributed by atoms with Crippen LogP contribution in [0.5, 0.6) is 0 Å². The molecule has 0 radical (unpaired) electrons. The van der Waals surface area contributed by atoms with E-state index in [0.717, 1.165) is 38.9 Å². The molecule has 0 aliphatic carbocycles. The fraction of sp³-hybridized carbons (Fsp3) is 0.923. The first-order valence-corrected chi connectivity index (χ1v) is 8.12. The molecular weight excluding hydrogens is 232 g/mol. The lowest BCUT2D eigenvalue weighted by Gasteiger charge is -2.25. The Kier molecular flexibility index (Phi) is 6.97. The molecule has 1 unspecified atom stereocenters. The number of unbranched alkanes of at least 4 members (excludes halogenated alkanes) is 2. The van der Waals surface area contributed by atoms with Gasteiger partial charge in [-0.2, -0.15) is 11.8 Å². The smallest absolute Gasteiger partial charge is 0.227 e. The second-order valence-electron chi connectivity index (χ2n) is 4.87. The molecule has 1 heterocycles. The monoisotopic (exact) mass is 258 g/mol. The number of thioether (sulfide) groups is 1. The third-order valence-corrected chi connectivity index (χ3v) is 4.41. The molecule has 3 nitrogen and oxygen atoms in total. The van der Waals surface area contributed by atoms with Crippen molar-refractivity contribution in [3.63, 3.8) is 0 Å². The third-order valence-electron chi connectivity index (χ3n) is 3.71. The Morgan fingerprint density at radius 2 is 2.24 bits per heavy atom. The van der Waals surface area contributed by atoms with Crippen molar-refractivity contribution in [2.75, 3.05) is 31.6 Å². The van der Waals surface area contributed by atoms with Gasteiger partial charge in [0.05, 0.1) is 5.41 Å². The normalized spacial score (nSPS) is 23.9. The Bertz CT molecular complexity index is 227. The van der Waals surface area contributed by atoms with Crippen LogP contribution in [0.25, 0.3) is 0 Å². The predicted octanol–water partition coefficient (Wildman–Crippen LogP) is 2.03. The van der Waals surface area contributed by atoms with Crippen molar-refractivity contribution in [2.45, 2.75) is 39.0 Å². The van der Waals surface area contributed by atoms with Gasteiger partial charge in [0.15, 0.2) is 0 Å². The van der Waals surface area contributed by atoms with Crippen molar-refractivity contribution in [1.82, 2.24) is 10.6 Å². The molecule has 1 aliphatic heterocycles. The molecule has 4 heteroatoms. The van der Waals surface area contributed by atoms with Gasteiger partial charge in [-0.1, -0.05) is 13.3 Å². The van der Waals surface area contributed by atoms with Crippen molar-refractivity contribution in [3.8, 4) is 0 Å². The molecule has 0 bridgehead atoms. The Morgan fingerprint density at radius 3 is 2.82 bits per heavy atom. The number of nitrogens with one attached hydrogen (secondary N) is 2. The Hall–Kier alpha value is -0.220. The highest BCUT2D eigenvalue weighted by molar-refractivity contribution is 7.98. The van der Waals surface area contributed by atoms with E-state index in [1.54, 1.807) is 0 Å². The van der Waals surface area contributed by atoms with Crippen LogP contribution in [0, 0.1) is 5.41 Å². The van der Waals surface area contributed by atoms with Crippen LogP contribution >= 0.6 is 11.8 Å². The molecule has 0 aromatic heterocycles. The maximum atomic E-state index is 12.1. The molecule has 1 amide bonds. The van der Waals surface area contributed by atoms with Crippen LogP contribution < -0.4 is 10.6 Å². The number of rotatable bonds is 8. The lowest BCUT2D eigenvalue weighted by Crippen LogP contribution is -2.42. The lowest BCUT2D eigenvalue weighted by molar-refractivity contribution is -0.130. The summed E-state index contributed by atoms with van der Waals surface area (Å²) in [4.78, 5) is 12.1. The van der Waals surface area contributed by atoms with Crippen LogP contribution in [-0.2, 0) is 4.79 Å². The summed E-state index contributed by atoms with van der Waals surface area (Å²) in [6.07, 6.45) is 7.66. The van der Waals surface area contributed by atoms with Crippen molar-refractivity contribution >= 4 is 17.7 Å². The quantitative estimate of drug-likeness (QED) is 0.655. The first kappa shape index (κ1) is 14.8. The highest BCUT2D eigenvalue weighted by Gasteiger charge is 2.38. The van der Waals surface area contributed by atoms with Crippen LogP contribution in [0.15, 0.2) is 0 Å². The predicted molar refractivity (Wildman–Crippen MR) is 75.5 cm³/mol. The molecular formula is C13H26N2OS. The van der Waals surface area contributed by atoms with E-state index < -0.39 is 0 Å². The highest BCUT2D eigenvalue weighted by atomic mass is 32.2. The van der Waals surface area contributed by atoms with Crippen LogP contribution in [0.1, 0.15) is 39.0 Å². The molecule has 1 aliphatic rings. The average Bonchev–Trinajstić information content (AvgIpc) is 2.83.